The largest absolute Gasteiger partial charge is 0.488 e. The van der Waals surface area contributed by atoms with Crippen LogP contribution < -0.4 is 4.74 Å². The highest BCUT2D eigenvalue weighted by Gasteiger charge is 2.23. The van der Waals surface area contributed by atoms with Gasteiger partial charge in [0, 0.05) is 23.8 Å². The summed E-state index contributed by atoms with van der Waals surface area (Å²) >= 11 is 0. The van der Waals surface area contributed by atoms with Crippen LogP contribution in [0.2, 0.25) is 0 Å². The van der Waals surface area contributed by atoms with Crippen molar-refractivity contribution < 1.29 is 18.9 Å². The fourth-order valence-electron chi connectivity index (χ4n) is 4.15. The second-order valence-electron chi connectivity index (χ2n) is 8.30. The van der Waals surface area contributed by atoms with Gasteiger partial charge in [0.05, 0.1) is 44.2 Å². The van der Waals surface area contributed by atoms with E-state index in [9.17, 15) is 0 Å². The molecule has 31 heavy (non-hydrogen) atoms. The summed E-state index contributed by atoms with van der Waals surface area (Å²) in [5, 5.41) is 10.5. The van der Waals surface area contributed by atoms with Crippen molar-refractivity contribution >= 4 is 10.9 Å². The maximum atomic E-state index is 6.22. The molecule has 2 aliphatic rings. The van der Waals surface area contributed by atoms with E-state index in [1.54, 1.807) is 0 Å². The lowest BCUT2D eigenvalue weighted by Gasteiger charge is -2.24. The van der Waals surface area contributed by atoms with Crippen LogP contribution in [-0.2, 0) is 20.8 Å². The average molecular weight is 427 g/mol. The van der Waals surface area contributed by atoms with Crippen molar-refractivity contribution in [2.45, 2.75) is 58.1 Å². The van der Waals surface area contributed by atoms with Crippen molar-refractivity contribution in [2.24, 2.45) is 0 Å². The Kier molecular flexibility index (Phi) is 5.93. The molecule has 2 aliphatic heterocycles. The zero-order valence-electron chi connectivity index (χ0n) is 18.2. The molecule has 0 spiro atoms. The van der Waals surface area contributed by atoms with Crippen LogP contribution in [0, 0.1) is 0 Å². The summed E-state index contributed by atoms with van der Waals surface area (Å²) in [7, 11) is 0. The Morgan fingerprint density at radius 2 is 1.94 bits per heavy atom. The molecule has 5 rings (SSSR count). The average Bonchev–Trinajstić information content (AvgIpc) is 3.40. The predicted octanol–water partition coefficient (Wildman–Crippen LogP) is 3.80. The lowest BCUT2D eigenvalue weighted by molar-refractivity contribution is -0.0365. The van der Waals surface area contributed by atoms with Crippen molar-refractivity contribution in [2.75, 3.05) is 26.4 Å². The normalized spacial score (nSPS) is 25.5. The summed E-state index contributed by atoms with van der Waals surface area (Å²) in [6.07, 6.45) is 6.94. The van der Waals surface area contributed by atoms with E-state index in [2.05, 4.69) is 17.2 Å². The van der Waals surface area contributed by atoms with Gasteiger partial charge in [-0.3, -0.25) is 4.68 Å². The topological polar surface area (TPSA) is 72.6 Å². The van der Waals surface area contributed by atoms with Crippen LogP contribution in [0.5, 0.6) is 5.75 Å². The fourth-order valence-corrected chi connectivity index (χ4v) is 4.15. The molecule has 0 aliphatic carbocycles. The third kappa shape index (κ3) is 4.33. The van der Waals surface area contributed by atoms with Crippen molar-refractivity contribution in [3.05, 3.63) is 30.6 Å². The van der Waals surface area contributed by atoms with Crippen LogP contribution in [0.1, 0.15) is 39.3 Å². The summed E-state index contributed by atoms with van der Waals surface area (Å²) in [5.74, 6) is 0.802. The van der Waals surface area contributed by atoms with E-state index in [0.29, 0.717) is 26.4 Å². The molecule has 3 atom stereocenters. The standard InChI is InChI=1S/C23H30N4O4/c1-16-17(2)31-19-6-7-21-20(13-19)23(25-27(21)22-5-3-4-9-30-22)18-14-24-26(15-18)8-10-28-11-12-29-16/h6-7,13-17,22H,3-5,8-12H2,1-2H3/t16-,17+,22?/m1/s1. The second-order valence-corrected chi connectivity index (χ2v) is 8.30. The van der Waals surface area contributed by atoms with E-state index < -0.39 is 0 Å². The molecule has 4 heterocycles. The molecule has 1 unspecified atom stereocenters. The maximum Gasteiger partial charge on any atom is 0.150 e. The second kappa shape index (κ2) is 8.98. The van der Waals surface area contributed by atoms with Gasteiger partial charge in [0.15, 0.2) is 6.23 Å². The lowest BCUT2D eigenvalue weighted by Crippen LogP contribution is -2.30. The van der Waals surface area contributed by atoms with Crippen molar-refractivity contribution in [3.8, 4) is 17.0 Å². The molecule has 1 saturated heterocycles. The Morgan fingerprint density at radius 3 is 2.81 bits per heavy atom. The molecule has 1 aromatic carbocycles. The quantitative estimate of drug-likeness (QED) is 0.589. The lowest BCUT2D eigenvalue weighted by atomic mass is 10.1. The Balaban J connectivity index is 1.58. The molecule has 2 aromatic heterocycles. The number of nitrogens with zero attached hydrogens (tertiary/aromatic N) is 4. The van der Waals surface area contributed by atoms with Gasteiger partial charge in [-0.25, -0.2) is 4.68 Å². The van der Waals surface area contributed by atoms with Gasteiger partial charge in [-0.1, -0.05) is 0 Å². The molecule has 0 amide bonds. The minimum absolute atomic E-state index is 0.0401. The zero-order chi connectivity index (χ0) is 21.2. The maximum absolute atomic E-state index is 6.22. The Hall–Kier alpha value is -2.42. The highest BCUT2D eigenvalue weighted by molar-refractivity contribution is 5.94. The Morgan fingerprint density at radius 1 is 1.00 bits per heavy atom. The minimum Gasteiger partial charge on any atom is -0.488 e. The summed E-state index contributed by atoms with van der Waals surface area (Å²) in [6, 6.07) is 6.16. The van der Waals surface area contributed by atoms with E-state index >= 15 is 0 Å². The molecule has 3 aromatic rings. The van der Waals surface area contributed by atoms with E-state index in [-0.39, 0.29) is 18.4 Å². The van der Waals surface area contributed by atoms with Gasteiger partial charge in [0.2, 0.25) is 0 Å². The molecular formula is C23H30N4O4. The van der Waals surface area contributed by atoms with Crippen molar-refractivity contribution in [1.29, 1.82) is 0 Å². The third-order valence-electron chi connectivity index (χ3n) is 6.07. The number of hydrogen-bond donors (Lipinski definition) is 0. The van der Waals surface area contributed by atoms with Gasteiger partial charge < -0.3 is 18.9 Å². The highest BCUT2D eigenvalue weighted by atomic mass is 16.6. The summed E-state index contributed by atoms with van der Waals surface area (Å²) < 4.78 is 27.8. The molecule has 1 fully saturated rings. The number of fused-ring (bicyclic) bond motifs is 4. The first kappa shape index (κ1) is 20.5. The monoisotopic (exact) mass is 426 g/mol. The predicted molar refractivity (Wildman–Crippen MR) is 116 cm³/mol. The summed E-state index contributed by atoms with van der Waals surface area (Å²) in [6.45, 7) is 7.19. The minimum atomic E-state index is -0.0896. The van der Waals surface area contributed by atoms with E-state index in [1.165, 1.54) is 0 Å². The van der Waals surface area contributed by atoms with Crippen LogP contribution in [-0.4, -0.2) is 58.2 Å². The summed E-state index contributed by atoms with van der Waals surface area (Å²) in [4.78, 5) is 0. The van der Waals surface area contributed by atoms with Crippen LogP contribution in [0.4, 0.5) is 0 Å². The van der Waals surface area contributed by atoms with Gasteiger partial charge >= 0.3 is 0 Å². The SMILES string of the molecule is C[C@@H]1Oc2ccc3c(c2)c(nn3C2CCCCO2)-c2cnn(c2)CCOCCO[C@@H]1C. The van der Waals surface area contributed by atoms with E-state index in [0.717, 1.165) is 53.8 Å². The van der Waals surface area contributed by atoms with Crippen LogP contribution in [0.25, 0.3) is 22.2 Å². The first-order valence-corrected chi connectivity index (χ1v) is 11.2. The number of hydrogen-bond acceptors (Lipinski definition) is 6. The van der Waals surface area contributed by atoms with E-state index in [1.807, 2.05) is 41.7 Å². The number of ether oxygens (including phenoxy) is 4. The zero-order valence-corrected chi connectivity index (χ0v) is 18.2. The third-order valence-corrected chi connectivity index (χ3v) is 6.07. The first-order valence-electron chi connectivity index (χ1n) is 11.2. The Labute approximate surface area is 182 Å². The number of rotatable bonds is 1. The molecule has 8 nitrogen and oxygen atoms in total. The van der Waals surface area contributed by atoms with Gasteiger partial charge in [-0.05, 0) is 51.3 Å². The van der Waals surface area contributed by atoms with E-state index in [4.69, 9.17) is 24.0 Å². The number of aromatic nitrogens is 4. The van der Waals surface area contributed by atoms with Crippen LogP contribution in [0.3, 0.4) is 0 Å². The van der Waals surface area contributed by atoms with Crippen LogP contribution >= 0.6 is 0 Å². The summed E-state index contributed by atoms with van der Waals surface area (Å²) in [5.41, 5.74) is 2.92. The molecular weight excluding hydrogens is 396 g/mol. The highest BCUT2D eigenvalue weighted by Crippen LogP contribution is 2.35. The van der Waals surface area contributed by atoms with Gasteiger partial charge in [-0.15, -0.1) is 0 Å². The molecule has 8 heteroatoms. The first-order chi connectivity index (χ1) is 15.2. The van der Waals surface area contributed by atoms with Gasteiger partial charge in [0.1, 0.15) is 17.5 Å². The molecule has 0 N–H and O–H groups in total. The van der Waals surface area contributed by atoms with Crippen molar-refractivity contribution in [3.63, 3.8) is 0 Å². The smallest absolute Gasteiger partial charge is 0.150 e. The molecule has 0 radical (unpaired) electrons. The van der Waals surface area contributed by atoms with Crippen LogP contribution in [0.15, 0.2) is 30.6 Å². The van der Waals surface area contributed by atoms with Gasteiger partial charge in [-0.2, -0.15) is 10.2 Å². The van der Waals surface area contributed by atoms with Crippen molar-refractivity contribution in [1.82, 2.24) is 19.6 Å². The fraction of sp³-hybridized carbons (Fsp3) is 0.565. The van der Waals surface area contributed by atoms with Gasteiger partial charge in [0.25, 0.3) is 0 Å². The molecule has 4 bridgehead atoms. The Bertz CT molecular complexity index is 1020. The number of benzene rings is 1. The molecule has 0 saturated carbocycles. The molecule has 166 valence electrons.